The SMILES string of the molecule is O=C(O)C(F)(F)F.O=C(O)C(F)(F)F.O=C1CCN(c2ccc(N3CCN(C4CC5(CCNCC5)C4)CC3)cc2)C(=O)N1. The van der Waals surface area contributed by atoms with Crippen LogP contribution in [-0.2, 0) is 14.4 Å². The van der Waals surface area contributed by atoms with Crippen molar-refractivity contribution in [1.29, 1.82) is 0 Å². The predicted octanol–water partition coefficient (Wildman–Crippen LogP) is 3.05. The monoisotopic (exact) mass is 625 g/mol. The molecule has 4 N–H and O–H groups in total. The summed E-state index contributed by atoms with van der Waals surface area (Å²) in [5, 5.41) is 20.1. The van der Waals surface area contributed by atoms with Gasteiger partial charge in [-0.3, -0.25) is 19.9 Å². The number of hydrogen-bond donors (Lipinski definition) is 4. The minimum Gasteiger partial charge on any atom is -0.475 e. The number of carbonyl (C=O) groups excluding carboxylic acids is 2. The van der Waals surface area contributed by atoms with Gasteiger partial charge in [-0.25, -0.2) is 14.4 Å². The Morgan fingerprint density at radius 1 is 0.791 bits per heavy atom. The molecule has 17 heteroatoms. The number of nitrogens with zero attached hydrogens (tertiary/aromatic N) is 3. The third-order valence-electron chi connectivity index (χ3n) is 7.90. The molecule has 1 aromatic rings. The molecular formula is C26H33F6N5O6. The summed E-state index contributed by atoms with van der Waals surface area (Å²) in [5.74, 6) is -5.71. The number of aliphatic carboxylic acids is 2. The van der Waals surface area contributed by atoms with Crippen LogP contribution in [-0.4, -0.2) is 103 Å². The maximum absolute atomic E-state index is 12.0. The zero-order chi connectivity index (χ0) is 32.0. The average molecular weight is 626 g/mol. The average Bonchev–Trinajstić information content (AvgIpc) is 2.92. The topological polar surface area (TPSA) is 143 Å². The Bertz CT molecular complexity index is 1120. The van der Waals surface area contributed by atoms with Crippen LogP contribution < -0.4 is 20.4 Å². The number of urea groups is 1. The number of piperidine rings is 1. The van der Waals surface area contributed by atoms with Gasteiger partial charge in [0, 0.05) is 56.6 Å². The summed E-state index contributed by atoms with van der Waals surface area (Å²) in [5.41, 5.74) is 2.71. The van der Waals surface area contributed by atoms with E-state index >= 15 is 0 Å². The van der Waals surface area contributed by atoms with Gasteiger partial charge in [-0.15, -0.1) is 0 Å². The molecule has 0 unspecified atom stereocenters. The predicted molar refractivity (Wildman–Crippen MR) is 141 cm³/mol. The molecule has 4 aliphatic rings. The van der Waals surface area contributed by atoms with Crippen LogP contribution in [0.1, 0.15) is 32.1 Å². The lowest BCUT2D eigenvalue weighted by molar-refractivity contribution is -0.193. The number of halogens is 6. The Morgan fingerprint density at radius 2 is 1.26 bits per heavy atom. The van der Waals surface area contributed by atoms with E-state index in [2.05, 4.69) is 32.6 Å². The summed E-state index contributed by atoms with van der Waals surface area (Å²) in [6.45, 7) is 7.24. The molecule has 4 fully saturated rings. The lowest BCUT2D eigenvalue weighted by Gasteiger charge is -2.55. The number of carbonyl (C=O) groups is 4. The largest absolute Gasteiger partial charge is 0.490 e. The van der Waals surface area contributed by atoms with E-state index in [0.29, 0.717) is 18.4 Å². The molecule has 240 valence electrons. The van der Waals surface area contributed by atoms with Crippen LogP contribution in [0.5, 0.6) is 0 Å². The Labute approximate surface area is 242 Å². The van der Waals surface area contributed by atoms with E-state index in [4.69, 9.17) is 19.8 Å². The normalized spacial score (nSPS) is 21.1. The number of piperazine rings is 1. The maximum Gasteiger partial charge on any atom is 0.490 e. The van der Waals surface area contributed by atoms with Crippen molar-refractivity contribution in [3.63, 3.8) is 0 Å². The number of carboxylic acids is 2. The molecule has 0 radical (unpaired) electrons. The molecule has 3 heterocycles. The van der Waals surface area contributed by atoms with Crippen molar-refractivity contribution in [3.8, 4) is 0 Å². The highest BCUT2D eigenvalue weighted by Gasteiger charge is 2.47. The zero-order valence-electron chi connectivity index (χ0n) is 23.0. The van der Waals surface area contributed by atoms with Crippen LogP contribution in [0.4, 0.5) is 42.5 Å². The van der Waals surface area contributed by atoms with Crippen LogP contribution in [0, 0.1) is 5.41 Å². The summed E-state index contributed by atoms with van der Waals surface area (Å²) in [4.78, 5) is 47.9. The minimum absolute atomic E-state index is 0.196. The lowest BCUT2D eigenvalue weighted by Crippen LogP contribution is -2.58. The number of rotatable bonds is 3. The fourth-order valence-corrected chi connectivity index (χ4v) is 5.56. The van der Waals surface area contributed by atoms with Crippen molar-refractivity contribution < 1.29 is 55.7 Å². The molecule has 1 aromatic carbocycles. The molecule has 3 amide bonds. The summed E-state index contributed by atoms with van der Waals surface area (Å²) in [6.07, 6.45) is -4.31. The standard InChI is InChI=1S/C22H31N5O2.2C2HF3O2/c28-20-5-10-27(21(29)24-20)18-3-1-17(2-4-18)25-11-13-26(14-12-25)19-15-22(16-19)6-8-23-9-7-22;2*3-2(4,5)1(6)7/h1-4,19,23H,5-16H2,(H,24,28,29);2*(H,6,7). The van der Waals surface area contributed by atoms with E-state index in [1.54, 1.807) is 4.90 Å². The first-order chi connectivity index (χ1) is 20.0. The quantitative estimate of drug-likeness (QED) is 0.373. The van der Waals surface area contributed by atoms with E-state index < -0.39 is 24.3 Å². The minimum atomic E-state index is -5.08. The van der Waals surface area contributed by atoms with Gasteiger partial charge in [0.1, 0.15) is 0 Å². The fraction of sp³-hybridized carbons (Fsp3) is 0.615. The maximum atomic E-state index is 12.0. The van der Waals surface area contributed by atoms with Crippen molar-refractivity contribution in [2.24, 2.45) is 5.41 Å². The summed E-state index contributed by atoms with van der Waals surface area (Å²) >= 11 is 0. The van der Waals surface area contributed by atoms with Gasteiger partial charge in [-0.1, -0.05) is 0 Å². The van der Waals surface area contributed by atoms with E-state index in [9.17, 15) is 35.9 Å². The van der Waals surface area contributed by atoms with E-state index in [1.165, 1.54) is 44.5 Å². The van der Waals surface area contributed by atoms with Gasteiger partial charge in [0.2, 0.25) is 5.91 Å². The second-order valence-corrected chi connectivity index (χ2v) is 10.7. The Balaban J connectivity index is 0.000000303. The molecule has 11 nitrogen and oxygen atoms in total. The molecule has 5 rings (SSSR count). The molecule has 3 aliphatic heterocycles. The number of hydrogen-bond acceptors (Lipinski definition) is 7. The third kappa shape index (κ3) is 9.44. The first-order valence-electron chi connectivity index (χ1n) is 13.5. The first kappa shape index (κ1) is 33.9. The number of alkyl halides is 6. The van der Waals surface area contributed by atoms with Crippen molar-refractivity contribution in [1.82, 2.24) is 15.5 Å². The number of carboxylic acid groups (broad SMARTS) is 2. The van der Waals surface area contributed by atoms with Crippen molar-refractivity contribution in [3.05, 3.63) is 24.3 Å². The highest BCUT2D eigenvalue weighted by Crippen LogP contribution is 2.50. The Kier molecular flexibility index (Phi) is 10.9. The van der Waals surface area contributed by atoms with Crippen LogP contribution in [0.3, 0.4) is 0 Å². The van der Waals surface area contributed by atoms with Crippen molar-refractivity contribution in [2.75, 3.05) is 55.6 Å². The van der Waals surface area contributed by atoms with E-state index in [-0.39, 0.29) is 11.9 Å². The fourth-order valence-electron chi connectivity index (χ4n) is 5.56. The lowest BCUT2D eigenvalue weighted by atomic mass is 9.60. The van der Waals surface area contributed by atoms with Crippen LogP contribution in [0.2, 0.25) is 0 Å². The van der Waals surface area contributed by atoms with Gasteiger partial charge >= 0.3 is 30.3 Å². The Hall–Kier alpha value is -3.60. The number of imide groups is 1. The summed E-state index contributed by atoms with van der Waals surface area (Å²) < 4.78 is 63.5. The molecular weight excluding hydrogens is 592 g/mol. The molecule has 1 aliphatic carbocycles. The molecule has 3 saturated heterocycles. The summed E-state index contributed by atoms with van der Waals surface area (Å²) in [6, 6.07) is 8.64. The van der Waals surface area contributed by atoms with Gasteiger partial charge < -0.3 is 20.4 Å². The molecule has 43 heavy (non-hydrogen) atoms. The second-order valence-electron chi connectivity index (χ2n) is 10.7. The van der Waals surface area contributed by atoms with Crippen LogP contribution in [0.25, 0.3) is 0 Å². The van der Waals surface area contributed by atoms with E-state index in [0.717, 1.165) is 37.9 Å². The van der Waals surface area contributed by atoms with Gasteiger partial charge in [0.15, 0.2) is 0 Å². The third-order valence-corrected chi connectivity index (χ3v) is 7.90. The first-order valence-corrected chi connectivity index (χ1v) is 13.5. The molecule has 0 atom stereocenters. The zero-order valence-corrected chi connectivity index (χ0v) is 23.0. The smallest absolute Gasteiger partial charge is 0.475 e. The molecule has 0 aromatic heterocycles. The van der Waals surface area contributed by atoms with Gasteiger partial charge in [0.25, 0.3) is 0 Å². The number of anilines is 2. The van der Waals surface area contributed by atoms with Crippen LogP contribution >= 0.6 is 0 Å². The Morgan fingerprint density at radius 3 is 1.70 bits per heavy atom. The molecule has 0 bridgehead atoms. The van der Waals surface area contributed by atoms with Gasteiger partial charge in [-0.2, -0.15) is 26.3 Å². The van der Waals surface area contributed by atoms with Gasteiger partial charge in [-0.05, 0) is 68.5 Å². The highest BCUT2D eigenvalue weighted by atomic mass is 19.4. The molecule has 1 saturated carbocycles. The molecule has 1 spiro atoms. The van der Waals surface area contributed by atoms with Gasteiger partial charge in [0.05, 0.1) is 0 Å². The second kappa shape index (κ2) is 13.8. The van der Waals surface area contributed by atoms with Crippen molar-refractivity contribution >= 4 is 35.3 Å². The number of amides is 3. The summed E-state index contributed by atoms with van der Waals surface area (Å²) in [7, 11) is 0. The highest BCUT2D eigenvalue weighted by molar-refractivity contribution is 6.05. The number of benzene rings is 1. The van der Waals surface area contributed by atoms with E-state index in [1.807, 2.05) is 12.1 Å². The van der Waals surface area contributed by atoms with Crippen molar-refractivity contribution in [2.45, 2.75) is 50.5 Å². The number of nitrogens with one attached hydrogen (secondary N) is 2. The van der Waals surface area contributed by atoms with Crippen LogP contribution in [0.15, 0.2) is 24.3 Å².